The minimum absolute atomic E-state index is 0.133. The van der Waals surface area contributed by atoms with Crippen LogP contribution in [0.4, 0.5) is 5.69 Å². The second-order valence-corrected chi connectivity index (χ2v) is 4.73. The summed E-state index contributed by atoms with van der Waals surface area (Å²) in [6.45, 7) is 3.74. The van der Waals surface area contributed by atoms with E-state index in [1.807, 2.05) is 0 Å². The average Bonchev–Trinajstić information content (AvgIpc) is 2.42. The van der Waals surface area contributed by atoms with E-state index in [1.165, 1.54) is 6.07 Å². The van der Waals surface area contributed by atoms with Gasteiger partial charge in [0.1, 0.15) is 0 Å². The summed E-state index contributed by atoms with van der Waals surface area (Å²) in [5.41, 5.74) is 1.27. The van der Waals surface area contributed by atoms with E-state index in [-0.39, 0.29) is 24.0 Å². The molecule has 1 atom stereocenters. The molecule has 1 amide bonds. The number of hydrogen-bond acceptors (Lipinski definition) is 4. The Kier molecular flexibility index (Phi) is 4.70. The summed E-state index contributed by atoms with van der Waals surface area (Å²) in [6, 6.07) is 4.83. The molecular formula is C14H18N2O4. The molecular weight excluding hydrogens is 260 g/mol. The van der Waals surface area contributed by atoms with Crippen molar-refractivity contribution >= 4 is 17.6 Å². The number of carboxylic acids is 1. The van der Waals surface area contributed by atoms with Crippen LogP contribution in [0.5, 0.6) is 0 Å². The fraction of sp³-hybridized carbons (Fsp3) is 0.429. The van der Waals surface area contributed by atoms with Crippen LogP contribution >= 0.6 is 0 Å². The number of rotatable bonds is 4. The Morgan fingerprint density at radius 3 is 2.95 bits per heavy atom. The average molecular weight is 278 g/mol. The van der Waals surface area contributed by atoms with Crippen LogP contribution in [0.15, 0.2) is 18.2 Å². The molecule has 3 N–H and O–H groups in total. The van der Waals surface area contributed by atoms with Crippen molar-refractivity contribution in [2.45, 2.75) is 19.4 Å². The fourth-order valence-electron chi connectivity index (χ4n) is 2.16. The summed E-state index contributed by atoms with van der Waals surface area (Å²) in [5.74, 6) is -1.18. The maximum Gasteiger partial charge on any atom is 0.336 e. The van der Waals surface area contributed by atoms with Crippen molar-refractivity contribution in [3.63, 3.8) is 0 Å². The quantitative estimate of drug-likeness (QED) is 0.765. The zero-order valence-electron chi connectivity index (χ0n) is 11.3. The second kappa shape index (κ2) is 6.49. The largest absolute Gasteiger partial charge is 0.478 e. The molecule has 108 valence electrons. The molecule has 0 spiro atoms. The number of anilines is 1. The molecule has 1 aliphatic heterocycles. The van der Waals surface area contributed by atoms with Gasteiger partial charge in [-0.3, -0.25) is 4.79 Å². The third-order valence-corrected chi connectivity index (χ3v) is 3.26. The highest BCUT2D eigenvalue weighted by molar-refractivity contribution is 5.96. The predicted octanol–water partition coefficient (Wildman–Crippen LogP) is 1.01. The summed E-state index contributed by atoms with van der Waals surface area (Å²) in [7, 11) is 0. The number of nitrogens with one attached hydrogen (secondary N) is 2. The van der Waals surface area contributed by atoms with Crippen molar-refractivity contribution in [3.05, 3.63) is 29.3 Å². The second-order valence-electron chi connectivity index (χ2n) is 4.73. The van der Waals surface area contributed by atoms with Crippen molar-refractivity contribution in [2.24, 2.45) is 0 Å². The zero-order valence-corrected chi connectivity index (χ0v) is 11.3. The molecule has 0 aromatic heterocycles. The van der Waals surface area contributed by atoms with E-state index < -0.39 is 5.97 Å². The molecule has 2 rings (SSSR count). The Labute approximate surface area is 117 Å². The lowest BCUT2D eigenvalue weighted by Gasteiger charge is -2.23. The number of morpholine rings is 1. The van der Waals surface area contributed by atoms with Crippen LogP contribution in [0.25, 0.3) is 0 Å². The predicted molar refractivity (Wildman–Crippen MR) is 74.0 cm³/mol. The summed E-state index contributed by atoms with van der Waals surface area (Å²) < 4.78 is 5.46. The lowest BCUT2D eigenvalue weighted by Crippen LogP contribution is -2.40. The molecule has 1 aliphatic rings. The van der Waals surface area contributed by atoms with Gasteiger partial charge >= 0.3 is 5.97 Å². The molecule has 0 bridgehead atoms. The Balaban J connectivity index is 2.00. The van der Waals surface area contributed by atoms with E-state index >= 15 is 0 Å². The summed E-state index contributed by atoms with van der Waals surface area (Å²) in [5, 5.41) is 14.9. The third kappa shape index (κ3) is 3.55. The van der Waals surface area contributed by atoms with Gasteiger partial charge in [0.2, 0.25) is 5.91 Å². The molecule has 1 aromatic rings. The van der Waals surface area contributed by atoms with E-state index in [1.54, 1.807) is 19.1 Å². The van der Waals surface area contributed by atoms with Crippen LogP contribution in [0.1, 0.15) is 22.3 Å². The topological polar surface area (TPSA) is 87.7 Å². The molecule has 1 fully saturated rings. The molecule has 6 heteroatoms. The number of benzene rings is 1. The number of ether oxygens (including phenoxy) is 1. The lowest BCUT2D eigenvalue weighted by atomic mass is 10.1. The highest BCUT2D eigenvalue weighted by Crippen LogP contribution is 2.19. The maximum atomic E-state index is 11.9. The van der Waals surface area contributed by atoms with Gasteiger partial charge < -0.3 is 20.5 Å². The molecule has 0 aliphatic carbocycles. The Hall–Kier alpha value is -1.92. The normalized spacial score (nSPS) is 18.6. The molecule has 1 saturated heterocycles. The number of carboxylic acid groups (broad SMARTS) is 1. The summed E-state index contributed by atoms with van der Waals surface area (Å²) in [6.07, 6.45) is 0.121. The van der Waals surface area contributed by atoms with Crippen LogP contribution in [0.2, 0.25) is 0 Å². The number of amides is 1. The van der Waals surface area contributed by atoms with Gasteiger partial charge in [0, 0.05) is 18.8 Å². The highest BCUT2D eigenvalue weighted by atomic mass is 16.5. The minimum Gasteiger partial charge on any atom is -0.478 e. The maximum absolute atomic E-state index is 11.9. The molecule has 6 nitrogen and oxygen atoms in total. The summed E-state index contributed by atoms with van der Waals surface area (Å²) in [4.78, 5) is 23.0. The van der Waals surface area contributed by atoms with Gasteiger partial charge in [0.15, 0.2) is 0 Å². The highest BCUT2D eigenvalue weighted by Gasteiger charge is 2.18. The minimum atomic E-state index is -1.00. The van der Waals surface area contributed by atoms with E-state index in [2.05, 4.69) is 10.6 Å². The van der Waals surface area contributed by atoms with Crippen molar-refractivity contribution < 1.29 is 19.4 Å². The van der Waals surface area contributed by atoms with Gasteiger partial charge in [-0.05, 0) is 24.6 Å². The first-order valence-electron chi connectivity index (χ1n) is 6.53. The molecule has 0 saturated carbocycles. The summed E-state index contributed by atoms with van der Waals surface area (Å²) >= 11 is 0. The van der Waals surface area contributed by atoms with Gasteiger partial charge in [-0.25, -0.2) is 4.79 Å². The van der Waals surface area contributed by atoms with Gasteiger partial charge in [-0.15, -0.1) is 0 Å². The first-order chi connectivity index (χ1) is 9.58. The Morgan fingerprint density at radius 2 is 2.30 bits per heavy atom. The molecule has 1 unspecified atom stereocenters. The molecule has 20 heavy (non-hydrogen) atoms. The van der Waals surface area contributed by atoms with Crippen molar-refractivity contribution in [2.75, 3.05) is 25.0 Å². The fourth-order valence-corrected chi connectivity index (χ4v) is 2.16. The van der Waals surface area contributed by atoms with E-state index in [0.29, 0.717) is 24.4 Å². The van der Waals surface area contributed by atoms with Gasteiger partial charge in [0.25, 0.3) is 0 Å². The Bertz CT molecular complexity index is 510. The van der Waals surface area contributed by atoms with Crippen molar-refractivity contribution in [1.82, 2.24) is 5.32 Å². The van der Waals surface area contributed by atoms with Crippen LogP contribution in [-0.2, 0) is 9.53 Å². The molecule has 0 radical (unpaired) electrons. The van der Waals surface area contributed by atoms with Crippen LogP contribution in [-0.4, -0.2) is 42.8 Å². The standard InChI is InChI=1S/C14H18N2O4/c1-9-11(14(18)19)3-2-4-12(9)16-13(17)7-10-8-15-5-6-20-10/h2-4,10,15H,5-8H2,1H3,(H,16,17)(H,18,19). The van der Waals surface area contributed by atoms with E-state index in [0.717, 1.165) is 6.54 Å². The number of carbonyl (C=O) groups is 2. The zero-order chi connectivity index (χ0) is 14.5. The first-order valence-corrected chi connectivity index (χ1v) is 6.53. The lowest BCUT2D eigenvalue weighted by molar-refractivity contribution is -0.119. The van der Waals surface area contributed by atoms with Crippen molar-refractivity contribution in [3.8, 4) is 0 Å². The third-order valence-electron chi connectivity index (χ3n) is 3.26. The van der Waals surface area contributed by atoms with Crippen molar-refractivity contribution in [1.29, 1.82) is 0 Å². The van der Waals surface area contributed by atoms with Gasteiger partial charge in [0.05, 0.1) is 24.7 Å². The number of hydrogen-bond donors (Lipinski definition) is 3. The van der Waals surface area contributed by atoms with E-state index in [9.17, 15) is 9.59 Å². The first kappa shape index (κ1) is 14.5. The van der Waals surface area contributed by atoms with Crippen LogP contribution in [0, 0.1) is 6.92 Å². The van der Waals surface area contributed by atoms with Crippen LogP contribution < -0.4 is 10.6 Å². The van der Waals surface area contributed by atoms with Gasteiger partial charge in [-0.1, -0.05) is 6.07 Å². The van der Waals surface area contributed by atoms with Gasteiger partial charge in [-0.2, -0.15) is 0 Å². The smallest absolute Gasteiger partial charge is 0.336 e. The number of carbonyl (C=O) groups excluding carboxylic acids is 1. The Morgan fingerprint density at radius 1 is 1.50 bits per heavy atom. The molecule has 1 heterocycles. The SMILES string of the molecule is Cc1c(NC(=O)CC2CNCCO2)cccc1C(=O)O. The van der Waals surface area contributed by atoms with E-state index in [4.69, 9.17) is 9.84 Å². The molecule has 1 aromatic carbocycles. The monoisotopic (exact) mass is 278 g/mol. The van der Waals surface area contributed by atoms with Crippen LogP contribution in [0.3, 0.4) is 0 Å². The number of aromatic carboxylic acids is 1.